The molecule has 1 N–H and O–H groups in total. The first-order valence-corrected chi connectivity index (χ1v) is 8.73. The summed E-state index contributed by atoms with van der Waals surface area (Å²) in [7, 11) is -1.35. The Morgan fingerprint density at radius 1 is 1.15 bits per heavy atom. The van der Waals surface area contributed by atoms with Crippen molar-refractivity contribution in [2.45, 2.75) is 45.5 Å². The minimum absolute atomic E-state index is 0.00325. The van der Waals surface area contributed by atoms with Gasteiger partial charge in [-0.2, -0.15) is 4.31 Å². The van der Waals surface area contributed by atoms with Crippen LogP contribution in [0.4, 0.5) is 0 Å². The lowest BCUT2D eigenvalue weighted by Crippen LogP contribution is -2.38. The Morgan fingerprint density at radius 2 is 1.70 bits per heavy atom. The van der Waals surface area contributed by atoms with Crippen LogP contribution >= 0.6 is 0 Å². The third-order valence-corrected chi connectivity index (χ3v) is 5.15. The highest BCUT2D eigenvalue weighted by molar-refractivity contribution is 7.88. The van der Waals surface area contributed by atoms with E-state index >= 15 is 0 Å². The third kappa shape index (κ3) is 4.89. The van der Waals surface area contributed by atoms with Crippen molar-refractivity contribution in [1.29, 1.82) is 0 Å². The summed E-state index contributed by atoms with van der Waals surface area (Å²) in [5.74, 6) is 0.0744. The van der Waals surface area contributed by atoms with Crippen LogP contribution in [0.25, 0.3) is 0 Å². The van der Waals surface area contributed by atoms with Gasteiger partial charge in [0.25, 0.3) is 0 Å². The number of sulfonamides is 1. The number of rotatable bonds is 8. The van der Waals surface area contributed by atoms with E-state index in [1.165, 1.54) is 0 Å². The van der Waals surface area contributed by atoms with Gasteiger partial charge in [-0.25, -0.2) is 8.42 Å². The van der Waals surface area contributed by atoms with Crippen molar-refractivity contribution < 1.29 is 8.42 Å². The molecule has 0 saturated heterocycles. The maximum absolute atomic E-state index is 12.5. The Morgan fingerprint density at radius 3 is 2.15 bits per heavy atom. The van der Waals surface area contributed by atoms with Crippen LogP contribution in [0.1, 0.15) is 38.3 Å². The molecule has 0 atom stereocenters. The molecule has 1 aromatic carbocycles. The number of hydrogen-bond donors (Lipinski definition) is 1. The van der Waals surface area contributed by atoms with Gasteiger partial charge in [0.05, 0.1) is 5.75 Å². The summed E-state index contributed by atoms with van der Waals surface area (Å²) < 4.78 is 26.5. The van der Waals surface area contributed by atoms with Gasteiger partial charge in [0.1, 0.15) is 0 Å². The van der Waals surface area contributed by atoms with Crippen LogP contribution in [0.3, 0.4) is 0 Å². The highest BCUT2D eigenvalue weighted by Crippen LogP contribution is 2.15. The Kier molecular flexibility index (Phi) is 6.65. The predicted octanol–water partition coefficient (Wildman–Crippen LogP) is 2.36. The largest absolute Gasteiger partial charge is 0.316 e. The smallest absolute Gasteiger partial charge is 0.218 e. The second-order valence-electron chi connectivity index (χ2n) is 5.31. The van der Waals surface area contributed by atoms with E-state index in [9.17, 15) is 8.42 Å². The van der Waals surface area contributed by atoms with Crippen molar-refractivity contribution in [2.24, 2.45) is 0 Å². The van der Waals surface area contributed by atoms with Crippen LogP contribution in [-0.2, 0) is 22.3 Å². The van der Waals surface area contributed by atoms with Crippen molar-refractivity contribution in [2.75, 3.05) is 13.6 Å². The zero-order chi connectivity index (χ0) is 15.2. The molecule has 0 spiro atoms. The summed E-state index contributed by atoms with van der Waals surface area (Å²) in [6.45, 7) is 7.21. The van der Waals surface area contributed by atoms with E-state index in [-0.39, 0.29) is 11.8 Å². The van der Waals surface area contributed by atoms with E-state index in [1.807, 2.05) is 52.1 Å². The molecule has 0 aliphatic rings. The number of nitrogens with zero attached hydrogens (tertiary/aromatic N) is 1. The van der Waals surface area contributed by atoms with Crippen molar-refractivity contribution in [1.82, 2.24) is 9.62 Å². The maximum Gasteiger partial charge on any atom is 0.218 e. The molecular formula is C15H26N2O2S. The van der Waals surface area contributed by atoms with Gasteiger partial charge in [-0.05, 0) is 38.4 Å². The number of benzene rings is 1. The molecular weight excluding hydrogens is 272 g/mol. The van der Waals surface area contributed by atoms with E-state index in [2.05, 4.69) is 5.32 Å². The number of hydrogen-bond acceptors (Lipinski definition) is 3. The normalized spacial score (nSPS) is 12.3. The van der Waals surface area contributed by atoms with Crippen molar-refractivity contribution in [3.8, 4) is 0 Å². The van der Waals surface area contributed by atoms with Gasteiger partial charge in [0, 0.05) is 19.1 Å². The van der Waals surface area contributed by atoms with E-state index < -0.39 is 10.0 Å². The molecule has 0 aliphatic heterocycles. The zero-order valence-corrected chi connectivity index (χ0v) is 13.7. The van der Waals surface area contributed by atoms with Gasteiger partial charge < -0.3 is 5.32 Å². The molecule has 20 heavy (non-hydrogen) atoms. The lowest BCUT2D eigenvalue weighted by Gasteiger charge is -2.25. The lowest BCUT2D eigenvalue weighted by molar-refractivity contribution is 0.353. The second-order valence-corrected chi connectivity index (χ2v) is 7.23. The molecule has 0 aromatic heterocycles. The molecule has 0 bridgehead atoms. The standard InChI is InChI=1S/C15H26N2O2S/c1-5-10-17(13(2)3)20(18,19)12-15-8-6-14(7-9-15)11-16-4/h6-9,13,16H,5,10-12H2,1-4H3. The molecule has 0 aliphatic carbocycles. The SMILES string of the molecule is CCCN(C(C)C)S(=O)(=O)Cc1ccc(CNC)cc1. The van der Waals surface area contributed by atoms with E-state index in [0.717, 1.165) is 24.1 Å². The van der Waals surface area contributed by atoms with Crippen molar-refractivity contribution >= 4 is 10.0 Å². The zero-order valence-electron chi connectivity index (χ0n) is 12.9. The van der Waals surface area contributed by atoms with Crippen LogP contribution in [0.5, 0.6) is 0 Å². The van der Waals surface area contributed by atoms with Gasteiger partial charge >= 0.3 is 0 Å². The molecule has 1 aromatic rings. The topological polar surface area (TPSA) is 49.4 Å². The molecule has 0 fully saturated rings. The molecule has 0 heterocycles. The van der Waals surface area contributed by atoms with Gasteiger partial charge in [0.2, 0.25) is 10.0 Å². The summed E-state index contributed by atoms with van der Waals surface area (Å²) in [5, 5.41) is 3.08. The van der Waals surface area contributed by atoms with Crippen molar-refractivity contribution in [3.63, 3.8) is 0 Å². The molecule has 0 amide bonds. The average molecular weight is 298 g/mol. The molecule has 0 radical (unpaired) electrons. The molecule has 1 rings (SSSR count). The van der Waals surface area contributed by atoms with Gasteiger partial charge in [-0.15, -0.1) is 0 Å². The predicted molar refractivity (Wildman–Crippen MR) is 84.0 cm³/mol. The fourth-order valence-corrected chi connectivity index (χ4v) is 4.07. The first kappa shape index (κ1) is 17.1. The van der Waals surface area contributed by atoms with Gasteiger partial charge in [-0.1, -0.05) is 31.2 Å². The van der Waals surface area contributed by atoms with E-state index in [0.29, 0.717) is 6.54 Å². The quantitative estimate of drug-likeness (QED) is 0.801. The monoisotopic (exact) mass is 298 g/mol. The molecule has 5 heteroatoms. The third-order valence-electron chi connectivity index (χ3n) is 3.13. The Balaban J connectivity index is 2.83. The van der Waals surface area contributed by atoms with Crippen LogP contribution in [0.15, 0.2) is 24.3 Å². The highest BCUT2D eigenvalue weighted by atomic mass is 32.2. The first-order chi connectivity index (χ1) is 9.40. The Hall–Kier alpha value is -0.910. The van der Waals surface area contributed by atoms with E-state index in [4.69, 9.17) is 0 Å². The first-order valence-electron chi connectivity index (χ1n) is 7.12. The molecule has 0 unspecified atom stereocenters. The van der Waals surface area contributed by atoms with Crippen LogP contribution in [-0.4, -0.2) is 32.4 Å². The van der Waals surface area contributed by atoms with Gasteiger partial charge in [-0.3, -0.25) is 0 Å². The van der Waals surface area contributed by atoms with Gasteiger partial charge in [0.15, 0.2) is 0 Å². The van der Waals surface area contributed by atoms with Crippen LogP contribution in [0, 0.1) is 0 Å². The summed E-state index contributed by atoms with van der Waals surface area (Å²) >= 11 is 0. The van der Waals surface area contributed by atoms with E-state index in [1.54, 1.807) is 4.31 Å². The average Bonchev–Trinajstić information content (AvgIpc) is 2.37. The molecule has 114 valence electrons. The minimum atomic E-state index is -3.24. The fraction of sp³-hybridized carbons (Fsp3) is 0.600. The second kappa shape index (κ2) is 7.76. The minimum Gasteiger partial charge on any atom is -0.316 e. The molecule has 0 saturated carbocycles. The summed E-state index contributed by atoms with van der Waals surface area (Å²) in [5.41, 5.74) is 1.99. The Labute approximate surface area is 123 Å². The number of nitrogens with one attached hydrogen (secondary N) is 1. The lowest BCUT2D eigenvalue weighted by atomic mass is 10.1. The summed E-state index contributed by atoms with van der Waals surface area (Å²) in [4.78, 5) is 0. The molecule has 4 nitrogen and oxygen atoms in total. The fourth-order valence-electron chi connectivity index (χ4n) is 2.19. The maximum atomic E-state index is 12.5. The van der Waals surface area contributed by atoms with Crippen LogP contribution in [0.2, 0.25) is 0 Å². The van der Waals surface area contributed by atoms with Crippen molar-refractivity contribution in [3.05, 3.63) is 35.4 Å². The highest BCUT2D eigenvalue weighted by Gasteiger charge is 2.24. The Bertz CT molecular complexity index is 495. The summed E-state index contributed by atoms with van der Waals surface area (Å²) in [6, 6.07) is 7.74. The summed E-state index contributed by atoms with van der Waals surface area (Å²) in [6.07, 6.45) is 0.832. The van der Waals surface area contributed by atoms with Crippen LogP contribution < -0.4 is 5.32 Å².